The van der Waals surface area contributed by atoms with Crippen LogP contribution in [0.15, 0.2) is 0 Å². The van der Waals surface area contributed by atoms with Crippen molar-refractivity contribution >= 4 is 6.29 Å². The molecule has 0 aliphatic carbocycles. The predicted molar refractivity (Wildman–Crippen MR) is 25.0 cm³/mol. The molecule has 1 aliphatic rings. The fraction of sp³-hybridized carbons (Fsp3) is 0.800. The van der Waals surface area contributed by atoms with E-state index >= 15 is 0 Å². The summed E-state index contributed by atoms with van der Waals surface area (Å²) in [6.45, 7) is 1.96. The maximum absolute atomic E-state index is 9.81. The smallest absolute Gasteiger partial charge is 0.148 e. The molecule has 1 rings (SSSR count). The van der Waals surface area contributed by atoms with Crippen LogP contribution in [-0.4, -0.2) is 18.5 Å². The van der Waals surface area contributed by atoms with Crippen LogP contribution >= 0.6 is 0 Å². The second-order valence-corrected chi connectivity index (χ2v) is 1.86. The highest BCUT2D eigenvalue weighted by molar-refractivity contribution is 5.57. The lowest BCUT2D eigenvalue weighted by molar-refractivity contribution is -0.144. The van der Waals surface area contributed by atoms with Crippen molar-refractivity contribution < 1.29 is 9.53 Å². The van der Waals surface area contributed by atoms with E-state index in [4.69, 9.17) is 4.74 Å². The van der Waals surface area contributed by atoms with Gasteiger partial charge in [-0.25, -0.2) is 0 Å². The van der Waals surface area contributed by atoms with Gasteiger partial charge in [-0.3, -0.25) is 0 Å². The fourth-order valence-corrected chi connectivity index (χ4v) is 0.702. The highest BCUT2D eigenvalue weighted by Gasteiger charge is 2.24. The van der Waals surface area contributed by atoms with E-state index < -0.39 is 0 Å². The van der Waals surface area contributed by atoms with Crippen molar-refractivity contribution in [3.63, 3.8) is 0 Å². The topological polar surface area (TPSA) is 26.3 Å². The first-order valence-corrected chi connectivity index (χ1v) is 2.43. The zero-order chi connectivity index (χ0) is 5.28. The number of rotatable bonds is 1. The van der Waals surface area contributed by atoms with Crippen molar-refractivity contribution in [2.75, 3.05) is 0 Å². The third kappa shape index (κ3) is 0.800. The lowest BCUT2D eigenvalue weighted by Gasteiger charge is -2.28. The molecule has 2 heteroatoms. The van der Waals surface area contributed by atoms with Crippen LogP contribution in [0.4, 0.5) is 0 Å². The van der Waals surface area contributed by atoms with Crippen molar-refractivity contribution in [3.8, 4) is 0 Å². The Morgan fingerprint density at radius 3 is 2.57 bits per heavy atom. The van der Waals surface area contributed by atoms with Crippen LogP contribution in [-0.2, 0) is 9.53 Å². The summed E-state index contributed by atoms with van der Waals surface area (Å²) in [6, 6.07) is 0. The minimum absolute atomic E-state index is 0.0880. The van der Waals surface area contributed by atoms with Gasteiger partial charge >= 0.3 is 0 Å². The van der Waals surface area contributed by atoms with E-state index in [2.05, 4.69) is 0 Å². The Labute approximate surface area is 42.5 Å². The normalized spacial score (nSPS) is 39.6. The summed E-state index contributed by atoms with van der Waals surface area (Å²) in [5.41, 5.74) is 0. The van der Waals surface area contributed by atoms with Crippen molar-refractivity contribution in [3.05, 3.63) is 0 Å². The van der Waals surface area contributed by atoms with E-state index in [1.165, 1.54) is 0 Å². The maximum Gasteiger partial charge on any atom is 0.148 e. The Hall–Kier alpha value is -0.370. The fourth-order valence-electron chi connectivity index (χ4n) is 0.702. The number of carbonyl (C=O) groups excluding carboxylic acids is 1. The van der Waals surface area contributed by atoms with Crippen molar-refractivity contribution in [2.24, 2.45) is 0 Å². The highest BCUT2D eigenvalue weighted by Crippen LogP contribution is 2.16. The summed E-state index contributed by atoms with van der Waals surface area (Å²) in [7, 11) is 0. The molecule has 2 nitrogen and oxygen atoms in total. The molecule has 0 aromatic carbocycles. The van der Waals surface area contributed by atoms with E-state index in [-0.39, 0.29) is 6.10 Å². The lowest BCUT2D eigenvalue weighted by atomic mass is 10.1. The zero-order valence-electron chi connectivity index (χ0n) is 4.26. The van der Waals surface area contributed by atoms with E-state index in [1.54, 1.807) is 0 Å². The summed E-state index contributed by atoms with van der Waals surface area (Å²) < 4.78 is 4.92. The number of aldehydes is 1. The molecule has 40 valence electrons. The van der Waals surface area contributed by atoms with Gasteiger partial charge < -0.3 is 9.53 Å². The van der Waals surface area contributed by atoms with Gasteiger partial charge in [-0.2, -0.15) is 0 Å². The molecule has 0 amide bonds. The molecule has 0 aromatic rings. The molecule has 1 saturated heterocycles. The SMILES string of the molecule is C[C@@H]1CC(C=O)O1. The van der Waals surface area contributed by atoms with Crippen molar-refractivity contribution in [1.82, 2.24) is 0 Å². The van der Waals surface area contributed by atoms with Gasteiger partial charge in [-0.05, 0) is 6.92 Å². The number of hydrogen-bond acceptors (Lipinski definition) is 2. The van der Waals surface area contributed by atoms with Crippen molar-refractivity contribution in [1.29, 1.82) is 0 Å². The first kappa shape index (κ1) is 4.78. The molecule has 0 bridgehead atoms. The summed E-state index contributed by atoms with van der Waals surface area (Å²) in [4.78, 5) is 9.81. The first-order valence-electron chi connectivity index (χ1n) is 2.43. The lowest BCUT2D eigenvalue weighted by Crippen LogP contribution is -2.35. The number of hydrogen-bond donors (Lipinski definition) is 0. The van der Waals surface area contributed by atoms with Crippen LogP contribution in [0.5, 0.6) is 0 Å². The Morgan fingerprint density at radius 1 is 1.86 bits per heavy atom. The molecular formula is C5H8O2. The van der Waals surface area contributed by atoms with Crippen LogP contribution in [0.3, 0.4) is 0 Å². The monoisotopic (exact) mass is 100 g/mol. The standard InChI is InChI=1S/C5H8O2/c1-4-2-5(3-6)7-4/h3-5H,2H2,1H3/t4-,5?/m1/s1. The molecule has 0 saturated carbocycles. The minimum atomic E-state index is -0.0880. The third-order valence-electron chi connectivity index (χ3n) is 1.12. The maximum atomic E-state index is 9.81. The van der Waals surface area contributed by atoms with Crippen LogP contribution in [0, 0.1) is 0 Å². The van der Waals surface area contributed by atoms with Crippen molar-refractivity contribution in [2.45, 2.75) is 25.6 Å². The molecule has 0 spiro atoms. The van der Waals surface area contributed by atoms with E-state index in [9.17, 15) is 4.79 Å². The Kier molecular flexibility index (Phi) is 1.11. The molecule has 1 unspecified atom stereocenters. The van der Waals surface area contributed by atoms with Gasteiger partial charge in [0.15, 0.2) is 0 Å². The first-order chi connectivity index (χ1) is 3.33. The minimum Gasteiger partial charge on any atom is -0.368 e. The average Bonchev–Trinajstić information content (AvgIpc) is 1.58. The molecule has 2 atom stereocenters. The second-order valence-electron chi connectivity index (χ2n) is 1.86. The largest absolute Gasteiger partial charge is 0.368 e. The third-order valence-corrected chi connectivity index (χ3v) is 1.12. The van der Waals surface area contributed by atoms with Gasteiger partial charge in [-0.1, -0.05) is 0 Å². The summed E-state index contributed by atoms with van der Waals surface area (Å²) in [5, 5.41) is 0. The molecule has 1 fully saturated rings. The Bertz CT molecular complexity index is 74.1. The molecule has 0 N–H and O–H groups in total. The second kappa shape index (κ2) is 1.62. The van der Waals surface area contributed by atoms with Gasteiger partial charge in [0.25, 0.3) is 0 Å². The summed E-state index contributed by atoms with van der Waals surface area (Å²) >= 11 is 0. The van der Waals surface area contributed by atoms with Crippen LogP contribution in [0.1, 0.15) is 13.3 Å². The molecule has 0 aromatic heterocycles. The molecule has 1 heterocycles. The Morgan fingerprint density at radius 2 is 2.43 bits per heavy atom. The molecule has 0 radical (unpaired) electrons. The van der Waals surface area contributed by atoms with E-state index in [1.807, 2.05) is 6.92 Å². The number of ether oxygens (including phenoxy) is 1. The van der Waals surface area contributed by atoms with E-state index in [0.717, 1.165) is 12.7 Å². The highest BCUT2D eigenvalue weighted by atomic mass is 16.5. The van der Waals surface area contributed by atoms with Gasteiger partial charge in [0.2, 0.25) is 0 Å². The zero-order valence-corrected chi connectivity index (χ0v) is 4.26. The summed E-state index contributed by atoms with van der Waals surface area (Å²) in [6.07, 6.45) is 1.98. The van der Waals surface area contributed by atoms with Crippen LogP contribution < -0.4 is 0 Å². The Balaban J connectivity index is 2.17. The molecular weight excluding hydrogens is 92.1 g/mol. The van der Waals surface area contributed by atoms with Gasteiger partial charge in [0, 0.05) is 6.42 Å². The quantitative estimate of drug-likeness (QED) is 0.445. The van der Waals surface area contributed by atoms with Crippen LogP contribution in [0.25, 0.3) is 0 Å². The van der Waals surface area contributed by atoms with Gasteiger partial charge in [0.1, 0.15) is 12.4 Å². The van der Waals surface area contributed by atoms with Gasteiger partial charge in [-0.15, -0.1) is 0 Å². The van der Waals surface area contributed by atoms with Crippen LogP contribution in [0.2, 0.25) is 0 Å². The summed E-state index contributed by atoms with van der Waals surface area (Å²) in [5.74, 6) is 0. The van der Waals surface area contributed by atoms with Gasteiger partial charge in [0.05, 0.1) is 6.10 Å². The number of carbonyl (C=O) groups is 1. The van der Waals surface area contributed by atoms with E-state index in [0.29, 0.717) is 6.10 Å². The average molecular weight is 100 g/mol. The molecule has 1 aliphatic heterocycles. The predicted octanol–water partition coefficient (Wildman–Crippen LogP) is 0.363. The molecule has 7 heavy (non-hydrogen) atoms.